The number of imide groups is 1. The van der Waals surface area contributed by atoms with Gasteiger partial charge >= 0.3 is 6.03 Å². The maximum Gasteiger partial charge on any atom is 0.322 e. The molecule has 1 fully saturated rings. The average Bonchev–Trinajstić information content (AvgIpc) is 2.55. The number of nitrogens with zero attached hydrogens (tertiary/aromatic N) is 1. The molecule has 1 unspecified atom stereocenters. The number of aryl methyl sites for hydroxylation is 2. The Bertz CT molecular complexity index is 454. The van der Waals surface area contributed by atoms with Crippen LogP contribution in [0.3, 0.4) is 0 Å². The quantitative estimate of drug-likeness (QED) is 0.695. The van der Waals surface area contributed by atoms with Crippen LogP contribution >= 0.6 is 11.3 Å². The van der Waals surface area contributed by atoms with Gasteiger partial charge in [0.2, 0.25) is 0 Å². The molecule has 0 bridgehead atoms. The maximum atomic E-state index is 11.7. The summed E-state index contributed by atoms with van der Waals surface area (Å²) in [6.07, 6.45) is 0. The van der Waals surface area contributed by atoms with Crippen LogP contribution in [0, 0.1) is 13.8 Å². The minimum Gasteiger partial charge on any atom is -0.319 e. The van der Waals surface area contributed by atoms with Gasteiger partial charge in [-0.2, -0.15) is 0 Å². The Morgan fingerprint density at radius 2 is 2.00 bits per heavy atom. The van der Waals surface area contributed by atoms with E-state index >= 15 is 0 Å². The summed E-state index contributed by atoms with van der Waals surface area (Å²) in [4.78, 5) is 27.8. The Morgan fingerprint density at radius 3 is 2.40 bits per heavy atom. The molecule has 1 aromatic heterocycles. The highest BCUT2D eigenvalue weighted by molar-refractivity contribution is 7.12. The van der Waals surface area contributed by atoms with Crippen molar-refractivity contribution in [2.45, 2.75) is 26.3 Å². The molecule has 2 rings (SSSR count). The molecular formula is C9H11N3O2S. The van der Waals surface area contributed by atoms with Gasteiger partial charge in [-0.3, -0.25) is 10.1 Å². The Morgan fingerprint density at radius 1 is 1.33 bits per heavy atom. The molecule has 2 N–H and O–H groups in total. The van der Waals surface area contributed by atoms with Crippen LogP contribution in [0.4, 0.5) is 4.79 Å². The van der Waals surface area contributed by atoms with E-state index in [1.165, 1.54) is 11.3 Å². The van der Waals surface area contributed by atoms with E-state index in [4.69, 9.17) is 0 Å². The monoisotopic (exact) mass is 225 g/mol. The van der Waals surface area contributed by atoms with Gasteiger partial charge in [-0.1, -0.05) is 0 Å². The van der Waals surface area contributed by atoms with E-state index in [0.717, 1.165) is 15.6 Å². The lowest BCUT2D eigenvalue weighted by Gasteiger charge is -2.18. The topological polar surface area (TPSA) is 71.1 Å². The number of thiazole rings is 1. The Balaban J connectivity index is 2.50. The minimum absolute atomic E-state index is 0.320. The molecule has 1 aromatic rings. The van der Waals surface area contributed by atoms with E-state index in [2.05, 4.69) is 15.6 Å². The predicted molar refractivity (Wildman–Crippen MR) is 55.6 cm³/mol. The van der Waals surface area contributed by atoms with Crippen molar-refractivity contribution in [2.24, 2.45) is 0 Å². The van der Waals surface area contributed by atoms with Crippen LogP contribution in [-0.2, 0) is 10.3 Å². The number of hydrogen-bond donors (Lipinski definition) is 2. The molecule has 0 aromatic carbocycles. The number of nitrogens with one attached hydrogen (secondary N) is 2. The number of carbonyl (C=O) groups excluding carboxylic acids is 2. The van der Waals surface area contributed by atoms with Gasteiger partial charge in [0.25, 0.3) is 5.91 Å². The smallest absolute Gasteiger partial charge is 0.319 e. The van der Waals surface area contributed by atoms with E-state index < -0.39 is 11.6 Å². The van der Waals surface area contributed by atoms with Crippen LogP contribution in [0.2, 0.25) is 0 Å². The summed E-state index contributed by atoms with van der Waals surface area (Å²) in [7, 11) is 0. The van der Waals surface area contributed by atoms with Gasteiger partial charge in [0.1, 0.15) is 0 Å². The van der Waals surface area contributed by atoms with Crippen molar-refractivity contribution < 1.29 is 9.59 Å². The zero-order valence-corrected chi connectivity index (χ0v) is 9.49. The zero-order valence-electron chi connectivity index (χ0n) is 8.67. The van der Waals surface area contributed by atoms with Crippen molar-refractivity contribution in [1.29, 1.82) is 0 Å². The average molecular weight is 225 g/mol. The van der Waals surface area contributed by atoms with E-state index in [1.54, 1.807) is 6.92 Å². The first-order valence-electron chi connectivity index (χ1n) is 4.51. The molecule has 0 aliphatic carbocycles. The summed E-state index contributed by atoms with van der Waals surface area (Å²) in [5, 5.41) is 5.74. The van der Waals surface area contributed by atoms with Gasteiger partial charge in [-0.25, -0.2) is 9.78 Å². The molecule has 1 atom stereocenters. The van der Waals surface area contributed by atoms with Crippen molar-refractivity contribution >= 4 is 23.3 Å². The first kappa shape index (κ1) is 10.1. The third kappa shape index (κ3) is 1.41. The fourth-order valence-corrected chi connectivity index (χ4v) is 2.72. The fourth-order valence-electron chi connectivity index (χ4n) is 1.70. The molecule has 1 aliphatic rings. The number of aromatic nitrogens is 1. The van der Waals surface area contributed by atoms with E-state index in [1.807, 2.05) is 13.8 Å². The molecule has 3 amide bonds. The zero-order chi connectivity index (χ0) is 11.2. The number of rotatable bonds is 1. The summed E-state index contributed by atoms with van der Waals surface area (Å²) in [5.74, 6) is -0.320. The lowest BCUT2D eigenvalue weighted by atomic mass is 10.00. The van der Waals surface area contributed by atoms with Crippen molar-refractivity contribution in [3.63, 3.8) is 0 Å². The maximum absolute atomic E-state index is 11.7. The molecule has 5 nitrogen and oxygen atoms in total. The van der Waals surface area contributed by atoms with E-state index in [-0.39, 0.29) is 5.91 Å². The highest BCUT2D eigenvalue weighted by Crippen LogP contribution is 2.31. The molecule has 1 saturated heterocycles. The summed E-state index contributed by atoms with van der Waals surface area (Å²) in [6, 6.07) is -0.451. The SMILES string of the molecule is Cc1nc(C)c(C2(C)NC(=O)NC2=O)s1. The van der Waals surface area contributed by atoms with Gasteiger partial charge in [0.05, 0.1) is 15.6 Å². The molecule has 0 radical (unpaired) electrons. The van der Waals surface area contributed by atoms with Crippen LogP contribution in [0.1, 0.15) is 22.5 Å². The first-order valence-corrected chi connectivity index (χ1v) is 5.33. The normalized spacial score (nSPS) is 25.3. The molecule has 0 spiro atoms. The molecule has 2 heterocycles. The third-order valence-corrected chi connectivity index (χ3v) is 3.70. The van der Waals surface area contributed by atoms with Crippen LogP contribution in [0.25, 0.3) is 0 Å². The Hall–Kier alpha value is -1.43. The van der Waals surface area contributed by atoms with Crippen LogP contribution in [-0.4, -0.2) is 16.9 Å². The minimum atomic E-state index is -0.965. The van der Waals surface area contributed by atoms with Crippen molar-refractivity contribution in [1.82, 2.24) is 15.6 Å². The molecule has 15 heavy (non-hydrogen) atoms. The molecule has 80 valence electrons. The van der Waals surface area contributed by atoms with Gasteiger partial charge in [-0.15, -0.1) is 11.3 Å². The van der Waals surface area contributed by atoms with Crippen molar-refractivity contribution in [3.05, 3.63) is 15.6 Å². The highest BCUT2D eigenvalue weighted by Gasteiger charge is 2.45. The second-order valence-corrected chi connectivity index (χ2v) is 4.88. The van der Waals surface area contributed by atoms with Crippen LogP contribution < -0.4 is 10.6 Å². The Kier molecular flexibility index (Phi) is 2.04. The van der Waals surface area contributed by atoms with Gasteiger partial charge in [-0.05, 0) is 20.8 Å². The fraction of sp³-hybridized carbons (Fsp3) is 0.444. The number of hydrogen-bond acceptors (Lipinski definition) is 4. The Labute approximate surface area is 90.9 Å². The lowest BCUT2D eigenvalue weighted by Crippen LogP contribution is -2.40. The van der Waals surface area contributed by atoms with E-state index in [9.17, 15) is 9.59 Å². The molecule has 0 saturated carbocycles. The van der Waals surface area contributed by atoms with Crippen molar-refractivity contribution in [2.75, 3.05) is 0 Å². The van der Waals surface area contributed by atoms with Crippen molar-refractivity contribution in [3.8, 4) is 0 Å². The third-order valence-electron chi connectivity index (χ3n) is 2.40. The second kappa shape index (κ2) is 3.03. The number of carbonyl (C=O) groups is 2. The van der Waals surface area contributed by atoms with E-state index in [0.29, 0.717) is 0 Å². The van der Waals surface area contributed by atoms with Crippen LogP contribution in [0.5, 0.6) is 0 Å². The number of urea groups is 1. The molecular weight excluding hydrogens is 214 g/mol. The van der Waals surface area contributed by atoms with Gasteiger partial charge in [0, 0.05) is 0 Å². The van der Waals surface area contributed by atoms with Crippen LogP contribution in [0.15, 0.2) is 0 Å². The summed E-state index contributed by atoms with van der Waals surface area (Å²) in [5.41, 5.74) is -0.176. The lowest BCUT2D eigenvalue weighted by molar-refractivity contribution is -0.123. The summed E-state index contributed by atoms with van der Waals surface area (Å²) < 4.78 is 0. The molecule has 1 aliphatic heterocycles. The second-order valence-electron chi connectivity index (χ2n) is 3.68. The highest BCUT2D eigenvalue weighted by atomic mass is 32.1. The number of amides is 3. The summed E-state index contributed by atoms with van der Waals surface area (Å²) >= 11 is 1.43. The first-order chi connectivity index (χ1) is 6.93. The predicted octanol–water partition coefficient (Wildman–Crippen LogP) is 0.815. The van der Waals surface area contributed by atoms with Gasteiger partial charge in [0.15, 0.2) is 5.54 Å². The standard InChI is InChI=1S/C9H11N3O2S/c1-4-6(15-5(2)10-4)9(3)7(13)11-8(14)12-9/h1-3H3,(H2,11,12,13,14). The summed E-state index contributed by atoms with van der Waals surface area (Å²) in [6.45, 7) is 5.40. The van der Waals surface area contributed by atoms with Gasteiger partial charge < -0.3 is 5.32 Å². The largest absolute Gasteiger partial charge is 0.322 e. The molecule has 6 heteroatoms.